The van der Waals surface area contributed by atoms with Gasteiger partial charge in [-0.15, -0.1) is 0 Å². The lowest BCUT2D eigenvalue weighted by atomic mass is 10.1. The van der Waals surface area contributed by atoms with Crippen molar-refractivity contribution in [3.63, 3.8) is 0 Å². The van der Waals surface area contributed by atoms with Gasteiger partial charge in [-0.1, -0.05) is 22.0 Å². The lowest BCUT2D eigenvalue weighted by Crippen LogP contribution is -2.48. The van der Waals surface area contributed by atoms with Crippen molar-refractivity contribution < 1.29 is 4.74 Å². The van der Waals surface area contributed by atoms with Crippen molar-refractivity contribution in [1.82, 2.24) is 0 Å². The third-order valence-corrected chi connectivity index (χ3v) is 3.79. The van der Waals surface area contributed by atoms with Gasteiger partial charge >= 0.3 is 0 Å². The zero-order chi connectivity index (χ0) is 12.5. The van der Waals surface area contributed by atoms with Crippen LogP contribution in [0.5, 0.6) is 0 Å². The molecule has 0 radical (unpaired) electrons. The first kappa shape index (κ1) is 12.9. The Morgan fingerprint density at radius 1 is 1.47 bits per heavy atom. The summed E-state index contributed by atoms with van der Waals surface area (Å²) in [5, 5.41) is 0. The Bertz CT molecular complexity index is 406. The molecular formula is C13H19BrN2O. The first-order chi connectivity index (χ1) is 8.02. The molecule has 94 valence electrons. The van der Waals surface area contributed by atoms with Crippen LogP contribution in [0.2, 0.25) is 0 Å². The summed E-state index contributed by atoms with van der Waals surface area (Å²) in [6.45, 7) is 7.46. The van der Waals surface area contributed by atoms with Crippen LogP contribution in [0.3, 0.4) is 0 Å². The van der Waals surface area contributed by atoms with Crippen molar-refractivity contribution in [2.75, 3.05) is 24.6 Å². The van der Waals surface area contributed by atoms with Gasteiger partial charge in [0, 0.05) is 29.8 Å². The van der Waals surface area contributed by atoms with Crippen LogP contribution in [0, 0.1) is 0 Å². The van der Waals surface area contributed by atoms with Gasteiger partial charge in [0.15, 0.2) is 0 Å². The summed E-state index contributed by atoms with van der Waals surface area (Å²) in [6.07, 6.45) is 0. The lowest BCUT2D eigenvalue weighted by molar-refractivity contribution is -0.0276. The Labute approximate surface area is 111 Å². The molecule has 0 bridgehead atoms. The van der Waals surface area contributed by atoms with E-state index in [1.165, 1.54) is 5.69 Å². The molecule has 1 aromatic carbocycles. The molecule has 3 nitrogen and oxygen atoms in total. The molecule has 0 aromatic heterocycles. The van der Waals surface area contributed by atoms with Gasteiger partial charge in [0.25, 0.3) is 0 Å². The highest BCUT2D eigenvalue weighted by molar-refractivity contribution is 9.10. The van der Waals surface area contributed by atoms with Gasteiger partial charge in [0.05, 0.1) is 12.2 Å². The van der Waals surface area contributed by atoms with Crippen molar-refractivity contribution in [2.24, 2.45) is 5.73 Å². The van der Waals surface area contributed by atoms with Gasteiger partial charge in [-0.05, 0) is 31.5 Å². The first-order valence-corrected chi connectivity index (χ1v) is 6.68. The van der Waals surface area contributed by atoms with Gasteiger partial charge in [0.1, 0.15) is 0 Å². The SMILES string of the molecule is CC1(C)CN(c2ccc(CN)c(Br)c2)CCO1. The molecule has 1 aromatic rings. The average molecular weight is 299 g/mol. The normalized spacial score (nSPS) is 19.4. The van der Waals surface area contributed by atoms with Gasteiger partial charge in [0.2, 0.25) is 0 Å². The van der Waals surface area contributed by atoms with Crippen LogP contribution in [0.25, 0.3) is 0 Å². The molecule has 1 aliphatic heterocycles. The quantitative estimate of drug-likeness (QED) is 0.912. The molecule has 17 heavy (non-hydrogen) atoms. The number of ether oxygens (including phenoxy) is 1. The number of hydrogen-bond acceptors (Lipinski definition) is 3. The third kappa shape index (κ3) is 3.00. The molecule has 0 aliphatic carbocycles. The monoisotopic (exact) mass is 298 g/mol. The van der Waals surface area contributed by atoms with E-state index in [-0.39, 0.29) is 5.60 Å². The van der Waals surface area contributed by atoms with Gasteiger partial charge < -0.3 is 15.4 Å². The van der Waals surface area contributed by atoms with Crippen molar-refractivity contribution in [3.8, 4) is 0 Å². The second-order valence-electron chi connectivity index (χ2n) is 5.01. The number of nitrogens with two attached hydrogens (primary N) is 1. The van der Waals surface area contributed by atoms with Crippen LogP contribution >= 0.6 is 15.9 Å². The van der Waals surface area contributed by atoms with E-state index in [1.54, 1.807) is 0 Å². The average Bonchev–Trinajstić information content (AvgIpc) is 2.27. The minimum atomic E-state index is -0.0722. The molecule has 2 N–H and O–H groups in total. The molecule has 0 amide bonds. The Morgan fingerprint density at radius 3 is 2.82 bits per heavy atom. The molecule has 0 spiro atoms. The van der Waals surface area contributed by atoms with Crippen molar-refractivity contribution >= 4 is 21.6 Å². The van der Waals surface area contributed by atoms with Gasteiger partial charge in [-0.3, -0.25) is 0 Å². The summed E-state index contributed by atoms with van der Waals surface area (Å²) in [5.41, 5.74) is 7.95. The molecule has 2 rings (SSSR count). The highest BCUT2D eigenvalue weighted by Crippen LogP contribution is 2.27. The summed E-state index contributed by atoms with van der Waals surface area (Å²) in [4.78, 5) is 2.36. The Balaban J connectivity index is 2.19. The third-order valence-electron chi connectivity index (χ3n) is 3.05. The maximum absolute atomic E-state index is 5.72. The fraction of sp³-hybridized carbons (Fsp3) is 0.538. The van der Waals surface area contributed by atoms with Crippen LogP contribution in [0.4, 0.5) is 5.69 Å². The molecular weight excluding hydrogens is 280 g/mol. The van der Waals surface area contributed by atoms with Crippen molar-refractivity contribution in [1.29, 1.82) is 0 Å². The smallest absolute Gasteiger partial charge is 0.0801 e. The molecule has 0 atom stereocenters. The standard InChI is InChI=1S/C13H19BrN2O/c1-13(2)9-16(5-6-17-13)11-4-3-10(8-15)12(14)7-11/h3-4,7H,5-6,8-9,15H2,1-2H3. The zero-order valence-electron chi connectivity index (χ0n) is 10.4. The van der Waals surface area contributed by atoms with Crippen LogP contribution in [-0.2, 0) is 11.3 Å². The van der Waals surface area contributed by atoms with Crippen LogP contribution in [0.15, 0.2) is 22.7 Å². The Morgan fingerprint density at radius 2 is 2.24 bits per heavy atom. The highest BCUT2D eigenvalue weighted by atomic mass is 79.9. The molecule has 1 heterocycles. The van der Waals surface area contributed by atoms with E-state index < -0.39 is 0 Å². The number of nitrogens with zero attached hydrogens (tertiary/aromatic N) is 1. The van der Waals surface area contributed by atoms with E-state index in [1.807, 2.05) is 0 Å². The molecule has 1 fully saturated rings. The van der Waals surface area contributed by atoms with E-state index in [2.05, 4.69) is 52.9 Å². The maximum Gasteiger partial charge on any atom is 0.0801 e. The molecule has 0 unspecified atom stereocenters. The number of hydrogen-bond donors (Lipinski definition) is 1. The van der Waals surface area contributed by atoms with Crippen molar-refractivity contribution in [2.45, 2.75) is 26.0 Å². The maximum atomic E-state index is 5.72. The minimum Gasteiger partial charge on any atom is -0.372 e. The summed E-state index contributed by atoms with van der Waals surface area (Å²) in [7, 11) is 0. The van der Waals surface area contributed by atoms with Crippen LogP contribution in [-0.4, -0.2) is 25.3 Å². The van der Waals surface area contributed by atoms with E-state index in [0.29, 0.717) is 6.54 Å². The first-order valence-electron chi connectivity index (χ1n) is 5.89. The topological polar surface area (TPSA) is 38.5 Å². The summed E-state index contributed by atoms with van der Waals surface area (Å²) >= 11 is 3.56. The molecule has 4 heteroatoms. The van der Waals surface area contributed by atoms with Gasteiger partial charge in [-0.2, -0.15) is 0 Å². The number of morpholine rings is 1. The van der Waals surface area contributed by atoms with E-state index in [9.17, 15) is 0 Å². The zero-order valence-corrected chi connectivity index (χ0v) is 12.0. The lowest BCUT2D eigenvalue weighted by Gasteiger charge is -2.39. The van der Waals surface area contributed by atoms with Gasteiger partial charge in [-0.25, -0.2) is 0 Å². The number of anilines is 1. The highest BCUT2D eigenvalue weighted by Gasteiger charge is 2.27. The minimum absolute atomic E-state index is 0.0722. The number of rotatable bonds is 2. The summed E-state index contributed by atoms with van der Waals surface area (Å²) in [6, 6.07) is 6.36. The molecule has 0 saturated carbocycles. The fourth-order valence-electron chi connectivity index (χ4n) is 2.14. The van der Waals surface area contributed by atoms with Crippen molar-refractivity contribution in [3.05, 3.63) is 28.2 Å². The summed E-state index contributed by atoms with van der Waals surface area (Å²) in [5.74, 6) is 0. The summed E-state index contributed by atoms with van der Waals surface area (Å²) < 4.78 is 6.80. The predicted octanol–water partition coefficient (Wildman–Crippen LogP) is 2.52. The van der Waals surface area contributed by atoms with Crippen LogP contribution < -0.4 is 10.6 Å². The Hall–Kier alpha value is -0.580. The number of halogens is 1. The van der Waals surface area contributed by atoms with E-state index >= 15 is 0 Å². The molecule has 1 aliphatic rings. The van der Waals surface area contributed by atoms with Crippen LogP contribution in [0.1, 0.15) is 19.4 Å². The second-order valence-corrected chi connectivity index (χ2v) is 5.86. The fourth-order valence-corrected chi connectivity index (χ4v) is 2.66. The number of benzene rings is 1. The largest absolute Gasteiger partial charge is 0.372 e. The van der Waals surface area contributed by atoms with E-state index in [4.69, 9.17) is 10.5 Å². The van der Waals surface area contributed by atoms with E-state index in [0.717, 1.165) is 29.7 Å². The predicted molar refractivity (Wildman–Crippen MR) is 74.3 cm³/mol. The molecule has 1 saturated heterocycles. The Kier molecular flexibility index (Phi) is 3.76. The second kappa shape index (κ2) is 4.96.